The number of rotatable bonds is 7. The Hall–Kier alpha value is -2.78. The van der Waals surface area contributed by atoms with Gasteiger partial charge in [0, 0.05) is 24.0 Å². The first-order valence-corrected chi connectivity index (χ1v) is 14.4. The number of hydrogen-bond acceptors (Lipinski definition) is 8. The molecule has 4 rings (SSSR count). The first-order valence-electron chi connectivity index (χ1n) is 11.9. The number of nitrogens with zero attached hydrogens (tertiary/aromatic N) is 2. The third-order valence-corrected chi connectivity index (χ3v) is 9.83. The van der Waals surface area contributed by atoms with Crippen molar-refractivity contribution in [1.29, 1.82) is 0 Å². The largest absolute Gasteiger partial charge is 0.493 e. The van der Waals surface area contributed by atoms with Gasteiger partial charge in [-0.15, -0.1) is 11.3 Å². The number of aromatic nitrogens is 1. The zero-order valence-electron chi connectivity index (χ0n) is 21.7. The van der Waals surface area contributed by atoms with Crippen LogP contribution in [-0.4, -0.2) is 53.1 Å². The number of methoxy groups -OCH3 is 3. The molecule has 2 aromatic carbocycles. The average Bonchev–Trinajstić information content (AvgIpc) is 3.38. The van der Waals surface area contributed by atoms with Gasteiger partial charge < -0.3 is 19.1 Å². The van der Waals surface area contributed by atoms with Gasteiger partial charge in [0.1, 0.15) is 0 Å². The number of ether oxygens (including phenoxy) is 3. The van der Waals surface area contributed by atoms with Gasteiger partial charge in [0.05, 0.1) is 37.2 Å². The summed E-state index contributed by atoms with van der Waals surface area (Å²) in [6, 6.07) is 11.1. The molecule has 0 saturated carbocycles. The molecule has 1 fully saturated rings. The molecule has 0 bridgehead atoms. The van der Waals surface area contributed by atoms with Gasteiger partial charge in [0.25, 0.3) is 0 Å². The Labute approximate surface area is 218 Å². The van der Waals surface area contributed by atoms with E-state index in [1.807, 2.05) is 29.6 Å². The quantitative estimate of drug-likeness (QED) is 0.395. The molecule has 2 heterocycles. The number of hydrogen-bond donors (Lipinski definition) is 0. The summed E-state index contributed by atoms with van der Waals surface area (Å²) in [4.78, 5) is 7.41. The molecule has 0 amide bonds. The van der Waals surface area contributed by atoms with E-state index in [1.165, 1.54) is 0 Å². The van der Waals surface area contributed by atoms with Gasteiger partial charge in [-0.1, -0.05) is 32.9 Å². The van der Waals surface area contributed by atoms with Gasteiger partial charge in [-0.05, 0) is 48.1 Å². The highest BCUT2D eigenvalue weighted by Gasteiger charge is 2.32. The van der Waals surface area contributed by atoms with Gasteiger partial charge in [0.2, 0.25) is 5.75 Å². The van der Waals surface area contributed by atoms with Crippen LogP contribution in [0, 0.1) is 0 Å². The molecule has 0 atom stereocenters. The van der Waals surface area contributed by atoms with Crippen molar-refractivity contribution in [2.45, 2.75) is 49.2 Å². The minimum Gasteiger partial charge on any atom is -0.493 e. The summed E-state index contributed by atoms with van der Waals surface area (Å²) < 4.78 is 42.9. The molecule has 0 unspecified atom stereocenters. The smallest absolute Gasteiger partial charge is 0.203 e. The maximum Gasteiger partial charge on any atom is 0.203 e. The highest BCUT2D eigenvalue weighted by atomic mass is 32.2. The molecular weight excluding hydrogens is 496 g/mol. The minimum atomic E-state index is -3.37. The Bertz CT molecular complexity index is 1280. The molecule has 0 spiro atoms. The minimum absolute atomic E-state index is 0.0116. The molecule has 1 aliphatic heterocycles. The van der Waals surface area contributed by atoms with Crippen molar-refractivity contribution in [3.63, 3.8) is 0 Å². The third kappa shape index (κ3) is 5.18. The predicted molar refractivity (Wildman–Crippen MR) is 145 cm³/mol. The molecule has 1 saturated heterocycles. The van der Waals surface area contributed by atoms with Gasteiger partial charge >= 0.3 is 0 Å². The number of thiazole rings is 1. The van der Waals surface area contributed by atoms with Crippen molar-refractivity contribution in [3.8, 4) is 28.5 Å². The molecule has 194 valence electrons. The lowest BCUT2D eigenvalue weighted by molar-refractivity contribution is 0.324. The van der Waals surface area contributed by atoms with Crippen molar-refractivity contribution in [3.05, 3.63) is 47.3 Å². The van der Waals surface area contributed by atoms with E-state index in [0.29, 0.717) is 48.1 Å². The van der Waals surface area contributed by atoms with Crippen molar-refractivity contribution < 1.29 is 22.6 Å². The number of sulfone groups is 1. The second kappa shape index (κ2) is 10.3. The fourth-order valence-corrected chi connectivity index (χ4v) is 7.09. The second-order valence-corrected chi connectivity index (χ2v) is 13.0. The molecule has 9 heteroatoms. The van der Waals surface area contributed by atoms with Crippen LogP contribution in [0.15, 0.2) is 46.7 Å². The standard InChI is InChI=1S/C27H34N2O5S2/c1-27(2,3)19-7-9-20(10-8-19)36(30,31)21-11-13-29(14-12-21)26-28-22(17-35-26)18-15-23(32-4)25(34-6)24(16-18)33-5/h7-10,15-17,21H,11-14H2,1-6H3. The fraction of sp³-hybridized carbons (Fsp3) is 0.444. The SMILES string of the molecule is COc1cc(-c2csc(N3CCC(S(=O)(=O)c4ccc(C(C)(C)C)cc4)CC3)n2)cc(OC)c1OC. The van der Waals surface area contributed by atoms with Crippen LogP contribution in [0.1, 0.15) is 39.2 Å². The van der Waals surface area contributed by atoms with Crippen LogP contribution in [-0.2, 0) is 15.3 Å². The van der Waals surface area contributed by atoms with E-state index >= 15 is 0 Å². The zero-order chi connectivity index (χ0) is 26.1. The van der Waals surface area contributed by atoms with Crippen LogP contribution in [0.5, 0.6) is 17.2 Å². The highest BCUT2D eigenvalue weighted by molar-refractivity contribution is 7.92. The van der Waals surface area contributed by atoms with E-state index < -0.39 is 9.84 Å². The Morgan fingerprint density at radius 3 is 2.03 bits per heavy atom. The van der Waals surface area contributed by atoms with E-state index in [-0.39, 0.29) is 10.7 Å². The predicted octanol–water partition coefficient (Wildman–Crippen LogP) is 5.58. The van der Waals surface area contributed by atoms with Gasteiger partial charge in [-0.2, -0.15) is 0 Å². The van der Waals surface area contributed by atoms with Crippen LogP contribution >= 0.6 is 11.3 Å². The lowest BCUT2D eigenvalue weighted by Crippen LogP contribution is -2.39. The Kier molecular flexibility index (Phi) is 7.52. The lowest BCUT2D eigenvalue weighted by atomic mass is 9.87. The van der Waals surface area contributed by atoms with E-state index in [9.17, 15) is 8.42 Å². The van der Waals surface area contributed by atoms with Crippen LogP contribution in [0.2, 0.25) is 0 Å². The summed E-state index contributed by atoms with van der Waals surface area (Å²) in [6.07, 6.45) is 1.14. The topological polar surface area (TPSA) is 78.0 Å². The molecule has 0 N–H and O–H groups in total. The maximum atomic E-state index is 13.3. The van der Waals surface area contributed by atoms with Gasteiger partial charge in [-0.25, -0.2) is 13.4 Å². The number of piperidine rings is 1. The van der Waals surface area contributed by atoms with Crippen LogP contribution in [0.25, 0.3) is 11.3 Å². The zero-order valence-corrected chi connectivity index (χ0v) is 23.3. The first kappa shape index (κ1) is 26.3. The summed E-state index contributed by atoms with van der Waals surface area (Å²) in [5.74, 6) is 1.68. The Morgan fingerprint density at radius 2 is 1.53 bits per heavy atom. The van der Waals surface area contributed by atoms with Crippen molar-refractivity contribution >= 4 is 26.3 Å². The van der Waals surface area contributed by atoms with Crippen LogP contribution < -0.4 is 19.1 Å². The molecule has 1 aliphatic rings. The molecular formula is C27H34N2O5S2. The van der Waals surface area contributed by atoms with Crippen LogP contribution in [0.4, 0.5) is 5.13 Å². The molecule has 3 aromatic rings. The molecule has 7 nitrogen and oxygen atoms in total. The van der Waals surface area contributed by atoms with Gasteiger partial charge in [0.15, 0.2) is 26.5 Å². The normalized spacial score (nSPS) is 15.1. The fourth-order valence-electron chi connectivity index (χ4n) is 4.47. The van der Waals surface area contributed by atoms with E-state index in [4.69, 9.17) is 19.2 Å². The van der Waals surface area contributed by atoms with Crippen molar-refractivity contribution in [2.24, 2.45) is 0 Å². The number of anilines is 1. The van der Waals surface area contributed by atoms with Crippen molar-refractivity contribution in [1.82, 2.24) is 4.98 Å². The molecule has 36 heavy (non-hydrogen) atoms. The van der Waals surface area contributed by atoms with Crippen molar-refractivity contribution in [2.75, 3.05) is 39.3 Å². The number of benzene rings is 2. The summed E-state index contributed by atoms with van der Waals surface area (Å²) >= 11 is 1.55. The Balaban J connectivity index is 1.47. The Morgan fingerprint density at radius 1 is 0.944 bits per heavy atom. The lowest BCUT2D eigenvalue weighted by Gasteiger charge is -2.31. The van der Waals surface area contributed by atoms with E-state index in [2.05, 4.69) is 25.7 Å². The van der Waals surface area contributed by atoms with E-state index in [0.717, 1.165) is 22.0 Å². The maximum absolute atomic E-state index is 13.3. The summed E-state index contributed by atoms with van der Waals surface area (Å²) in [5.41, 5.74) is 2.79. The van der Waals surface area contributed by atoms with Gasteiger partial charge in [-0.3, -0.25) is 0 Å². The second-order valence-electron chi connectivity index (χ2n) is 9.94. The highest BCUT2D eigenvalue weighted by Crippen LogP contribution is 2.42. The van der Waals surface area contributed by atoms with E-state index in [1.54, 1.807) is 44.8 Å². The third-order valence-electron chi connectivity index (χ3n) is 6.65. The first-order chi connectivity index (χ1) is 17.1. The van der Waals surface area contributed by atoms with Crippen LogP contribution in [0.3, 0.4) is 0 Å². The summed E-state index contributed by atoms with van der Waals surface area (Å²) in [5, 5.41) is 2.49. The monoisotopic (exact) mass is 530 g/mol. The summed E-state index contributed by atoms with van der Waals surface area (Å²) in [7, 11) is 1.38. The molecule has 1 aromatic heterocycles. The molecule has 0 aliphatic carbocycles. The average molecular weight is 531 g/mol. The molecule has 0 radical (unpaired) electrons. The summed E-state index contributed by atoms with van der Waals surface area (Å²) in [6.45, 7) is 7.66.